The molecule has 0 atom stereocenters. The van der Waals surface area contributed by atoms with Crippen LogP contribution in [0, 0.1) is 0 Å². The molecule has 3 aromatic rings. The number of piperidine rings is 1. The van der Waals surface area contributed by atoms with Crippen molar-refractivity contribution in [3.63, 3.8) is 0 Å². The van der Waals surface area contributed by atoms with E-state index in [4.69, 9.17) is 14.2 Å². The van der Waals surface area contributed by atoms with E-state index in [9.17, 15) is 9.90 Å². The summed E-state index contributed by atoms with van der Waals surface area (Å²) in [7, 11) is 4.74. The average molecular weight is 450 g/mol. The first kappa shape index (κ1) is 23.1. The number of methoxy groups -OCH3 is 3. The van der Waals surface area contributed by atoms with Gasteiger partial charge in [-0.25, -0.2) is 0 Å². The van der Waals surface area contributed by atoms with Crippen LogP contribution in [0.4, 0.5) is 0 Å². The van der Waals surface area contributed by atoms with Crippen LogP contribution in [0.5, 0.6) is 17.2 Å². The van der Waals surface area contributed by atoms with E-state index in [-0.39, 0.29) is 5.78 Å². The molecular weight excluding hydrogens is 418 g/mol. The number of likely N-dealkylation sites (tertiary alicyclic amines) is 1. The van der Waals surface area contributed by atoms with Crippen LogP contribution >= 0.6 is 0 Å². The lowest BCUT2D eigenvalue weighted by atomic mass is 9.84. The number of carbonyl (C=O) groups excluding carboxylic acids is 1. The van der Waals surface area contributed by atoms with Crippen molar-refractivity contribution in [2.75, 3.05) is 41.0 Å². The number of rotatable bonds is 8. The smallest absolute Gasteiger partial charge is 0.203 e. The van der Waals surface area contributed by atoms with Crippen LogP contribution in [0.2, 0.25) is 0 Å². The minimum Gasteiger partial charge on any atom is -0.493 e. The Bertz CT molecular complexity index is 1120. The average Bonchev–Trinajstić information content (AvgIpc) is 2.87. The van der Waals surface area contributed by atoms with E-state index in [1.165, 1.54) is 0 Å². The highest BCUT2D eigenvalue weighted by Crippen LogP contribution is 2.43. The van der Waals surface area contributed by atoms with Crippen molar-refractivity contribution in [2.24, 2.45) is 0 Å². The van der Waals surface area contributed by atoms with E-state index in [0.29, 0.717) is 48.6 Å². The third-order valence-electron chi connectivity index (χ3n) is 6.61. The monoisotopic (exact) mass is 449 g/mol. The first-order valence-electron chi connectivity index (χ1n) is 11.3. The molecule has 6 heteroatoms. The van der Waals surface area contributed by atoms with Gasteiger partial charge in [-0.3, -0.25) is 4.79 Å². The molecule has 33 heavy (non-hydrogen) atoms. The van der Waals surface area contributed by atoms with Gasteiger partial charge in [0.2, 0.25) is 5.75 Å². The van der Waals surface area contributed by atoms with Gasteiger partial charge in [0.25, 0.3) is 0 Å². The predicted octanol–water partition coefficient (Wildman–Crippen LogP) is 4.42. The number of hydrogen-bond acceptors (Lipinski definition) is 6. The van der Waals surface area contributed by atoms with Gasteiger partial charge in [0.05, 0.1) is 26.9 Å². The summed E-state index contributed by atoms with van der Waals surface area (Å²) in [5, 5.41) is 12.7. The van der Waals surface area contributed by atoms with Gasteiger partial charge in [-0.2, -0.15) is 0 Å². The number of ether oxygens (including phenoxy) is 3. The van der Waals surface area contributed by atoms with Crippen LogP contribution in [0.15, 0.2) is 54.6 Å². The van der Waals surface area contributed by atoms with Gasteiger partial charge in [-0.1, -0.05) is 36.4 Å². The quantitative estimate of drug-likeness (QED) is 0.514. The standard InChI is InChI=1S/C27H31NO5/c1-31-24-18-20-17-19(9-10-22(20)25(32-2)26(24)33-3)23(29)11-14-28-15-12-27(30,13-16-28)21-7-5-4-6-8-21/h4-10,17-18,30H,11-16H2,1-3H3. The molecule has 1 saturated heterocycles. The number of nitrogens with zero attached hydrogens (tertiary/aromatic N) is 1. The fourth-order valence-corrected chi connectivity index (χ4v) is 4.64. The Balaban J connectivity index is 1.42. The van der Waals surface area contributed by atoms with Crippen LogP contribution in [-0.2, 0) is 5.60 Å². The Morgan fingerprint density at radius 1 is 0.939 bits per heavy atom. The third kappa shape index (κ3) is 4.68. The minimum atomic E-state index is -0.778. The van der Waals surface area contributed by atoms with Crippen molar-refractivity contribution in [3.8, 4) is 17.2 Å². The number of Topliss-reactive ketones (excluding diaryl/α,β-unsaturated/α-hetero) is 1. The molecule has 0 spiro atoms. The number of fused-ring (bicyclic) bond motifs is 1. The zero-order valence-corrected chi connectivity index (χ0v) is 19.5. The molecular formula is C27H31NO5. The largest absolute Gasteiger partial charge is 0.493 e. The lowest BCUT2D eigenvalue weighted by molar-refractivity contribution is -0.0256. The first-order valence-corrected chi connectivity index (χ1v) is 11.3. The van der Waals surface area contributed by atoms with Crippen molar-refractivity contribution in [1.82, 2.24) is 4.90 Å². The second-order valence-electron chi connectivity index (χ2n) is 8.49. The summed E-state index contributed by atoms with van der Waals surface area (Å²) in [5.41, 5.74) is 0.855. The summed E-state index contributed by atoms with van der Waals surface area (Å²) in [4.78, 5) is 15.2. The van der Waals surface area contributed by atoms with Gasteiger partial charge in [0.1, 0.15) is 0 Å². The molecule has 1 aliphatic heterocycles. The summed E-state index contributed by atoms with van der Waals surface area (Å²) >= 11 is 0. The summed E-state index contributed by atoms with van der Waals surface area (Å²) in [6.07, 6.45) is 1.77. The van der Waals surface area contributed by atoms with E-state index >= 15 is 0 Å². The van der Waals surface area contributed by atoms with Gasteiger partial charge >= 0.3 is 0 Å². The van der Waals surface area contributed by atoms with Crippen molar-refractivity contribution in [1.29, 1.82) is 0 Å². The normalized spacial score (nSPS) is 15.9. The predicted molar refractivity (Wildman–Crippen MR) is 129 cm³/mol. The fraction of sp³-hybridized carbons (Fsp3) is 0.370. The summed E-state index contributed by atoms with van der Waals surface area (Å²) in [5.74, 6) is 1.78. The molecule has 6 nitrogen and oxygen atoms in total. The summed E-state index contributed by atoms with van der Waals surface area (Å²) in [6, 6.07) is 17.3. The maximum atomic E-state index is 12.9. The van der Waals surface area contributed by atoms with E-state index < -0.39 is 5.60 Å². The molecule has 0 unspecified atom stereocenters. The minimum absolute atomic E-state index is 0.0922. The third-order valence-corrected chi connectivity index (χ3v) is 6.61. The maximum Gasteiger partial charge on any atom is 0.203 e. The second kappa shape index (κ2) is 9.81. The molecule has 0 saturated carbocycles. The molecule has 174 valence electrons. The molecule has 1 aliphatic rings. The lowest BCUT2D eigenvalue weighted by Crippen LogP contribution is -2.43. The summed E-state index contributed by atoms with van der Waals surface area (Å²) < 4.78 is 16.4. The van der Waals surface area contributed by atoms with Crippen LogP contribution in [0.3, 0.4) is 0 Å². The van der Waals surface area contributed by atoms with Gasteiger partial charge in [0.15, 0.2) is 17.3 Å². The second-order valence-corrected chi connectivity index (χ2v) is 8.49. The van der Waals surface area contributed by atoms with Crippen molar-refractivity contribution in [3.05, 3.63) is 65.7 Å². The van der Waals surface area contributed by atoms with Crippen molar-refractivity contribution in [2.45, 2.75) is 24.9 Å². The lowest BCUT2D eigenvalue weighted by Gasteiger charge is -2.38. The van der Waals surface area contributed by atoms with Gasteiger partial charge in [-0.15, -0.1) is 0 Å². The summed E-state index contributed by atoms with van der Waals surface area (Å²) in [6.45, 7) is 2.21. The van der Waals surface area contributed by atoms with E-state index in [0.717, 1.165) is 29.4 Å². The number of carbonyl (C=O) groups is 1. The Labute approximate surface area is 194 Å². The van der Waals surface area contributed by atoms with E-state index in [1.807, 2.05) is 54.6 Å². The molecule has 1 N–H and O–H groups in total. The van der Waals surface area contributed by atoms with E-state index in [1.54, 1.807) is 21.3 Å². The van der Waals surface area contributed by atoms with Crippen molar-refractivity contribution >= 4 is 16.6 Å². The molecule has 3 aromatic carbocycles. The number of aliphatic hydroxyl groups is 1. The highest BCUT2D eigenvalue weighted by Gasteiger charge is 2.33. The number of hydrogen-bond donors (Lipinski definition) is 1. The Hall–Kier alpha value is -3.09. The Morgan fingerprint density at radius 2 is 1.64 bits per heavy atom. The first-order chi connectivity index (χ1) is 16.0. The van der Waals surface area contributed by atoms with E-state index in [2.05, 4.69) is 4.90 Å². The zero-order valence-electron chi connectivity index (χ0n) is 19.5. The molecule has 1 heterocycles. The fourth-order valence-electron chi connectivity index (χ4n) is 4.64. The van der Waals surface area contributed by atoms with Crippen LogP contribution < -0.4 is 14.2 Å². The topological polar surface area (TPSA) is 68.2 Å². The van der Waals surface area contributed by atoms with Crippen LogP contribution in [0.25, 0.3) is 10.8 Å². The van der Waals surface area contributed by atoms with Gasteiger partial charge in [0, 0.05) is 37.0 Å². The highest BCUT2D eigenvalue weighted by atomic mass is 16.5. The molecule has 0 aromatic heterocycles. The zero-order chi connectivity index (χ0) is 23.4. The molecule has 4 rings (SSSR count). The molecule has 0 aliphatic carbocycles. The van der Waals surface area contributed by atoms with Gasteiger partial charge < -0.3 is 24.2 Å². The van der Waals surface area contributed by atoms with Crippen molar-refractivity contribution < 1.29 is 24.1 Å². The molecule has 1 fully saturated rings. The maximum absolute atomic E-state index is 12.9. The molecule has 0 amide bonds. The number of benzene rings is 3. The Kier molecular flexibility index (Phi) is 6.86. The number of ketones is 1. The highest BCUT2D eigenvalue weighted by molar-refractivity contribution is 6.02. The SMILES string of the molecule is COc1cc2cc(C(=O)CCN3CCC(O)(c4ccccc4)CC3)ccc2c(OC)c1OC. The van der Waals surface area contributed by atoms with Crippen LogP contribution in [0.1, 0.15) is 35.2 Å². The molecule has 0 radical (unpaired) electrons. The van der Waals surface area contributed by atoms with Crippen LogP contribution in [-0.4, -0.2) is 56.8 Å². The Morgan fingerprint density at radius 3 is 2.27 bits per heavy atom. The molecule has 0 bridgehead atoms. The van der Waals surface area contributed by atoms with Gasteiger partial charge in [-0.05, 0) is 42.0 Å².